The number of morpholine rings is 1. The van der Waals surface area contributed by atoms with Crippen LogP contribution in [0.4, 0.5) is 5.82 Å². The maximum atomic E-state index is 12.2. The van der Waals surface area contributed by atoms with Gasteiger partial charge in [-0.15, -0.1) is 0 Å². The predicted octanol–water partition coefficient (Wildman–Crippen LogP) is 1.66. The van der Waals surface area contributed by atoms with E-state index in [0.29, 0.717) is 25.2 Å². The van der Waals surface area contributed by atoms with E-state index in [1.54, 1.807) is 12.3 Å². The van der Waals surface area contributed by atoms with Crippen LogP contribution in [0.5, 0.6) is 0 Å². The monoisotopic (exact) mass is 344 g/mol. The number of ether oxygens (including phenoxy) is 1. The molecule has 3 rings (SSSR count). The second-order valence-electron chi connectivity index (χ2n) is 6.04. The summed E-state index contributed by atoms with van der Waals surface area (Å²) in [6.45, 7) is 7.10. The molecule has 0 radical (unpaired) electrons. The van der Waals surface area contributed by atoms with Crippen LogP contribution < -0.4 is 10.6 Å². The van der Waals surface area contributed by atoms with Crippen LogP contribution in [0.25, 0.3) is 0 Å². The second kappa shape index (κ2) is 8.64. The van der Waals surface area contributed by atoms with Crippen molar-refractivity contribution in [3.05, 3.63) is 47.5 Å². The van der Waals surface area contributed by atoms with Gasteiger partial charge in [-0.05, 0) is 24.6 Å². The van der Waals surface area contributed by atoms with Crippen LogP contribution in [0.3, 0.4) is 0 Å². The molecular weight excluding hydrogens is 320 g/mol. The highest BCUT2D eigenvalue weighted by Gasteiger charge is 2.15. The molecule has 0 bridgehead atoms. The van der Waals surface area contributed by atoms with Gasteiger partial charge in [-0.3, -0.25) is 9.69 Å². The van der Waals surface area contributed by atoms with Crippen LogP contribution in [-0.4, -0.2) is 55.2 Å². The van der Waals surface area contributed by atoms with Crippen LogP contribution in [0, 0.1) is 6.92 Å². The average molecular weight is 344 g/mol. The third-order valence-electron chi connectivity index (χ3n) is 4.11. The number of nitrogens with zero attached hydrogens (tertiary/aromatic N) is 2. The molecule has 1 aliphatic heterocycles. The minimum absolute atomic E-state index is 0.128. The quantitative estimate of drug-likeness (QED) is 0.744. The third-order valence-corrected chi connectivity index (χ3v) is 4.11. The molecular formula is C18H24N4O3. The van der Waals surface area contributed by atoms with E-state index in [2.05, 4.69) is 20.5 Å². The zero-order chi connectivity index (χ0) is 17.5. The summed E-state index contributed by atoms with van der Waals surface area (Å²) in [5.41, 5.74) is 1.63. The number of pyridine rings is 1. The lowest BCUT2D eigenvalue weighted by Gasteiger charge is -2.25. The molecule has 2 aromatic rings. The molecule has 7 heteroatoms. The van der Waals surface area contributed by atoms with Crippen LogP contribution >= 0.6 is 0 Å². The first kappa shape index (κ1) is 17.4. The van der Waals surface area contributed by atoms with Crippen molar-refractivity contribution in [1.29, 1.82) is 0 Å². The Morgan fingerprint density at radius 2 is 2.16 bits per heavy atom. The third kappa shape index (κ3) is 5.04. The first-order valence-electron chi connectivity index (χ1n) is 8.53. The molecule has 0 unspecified atom stereocenters. The summed E-state index contributed by atoms with van der Waals surface area (Å²) in [6, 6.07) is 5.70. The van der Waals surface area contributed by atoms with E-state index < -0.39 is 0 Å². The number of carbonyl (C=O) groups excluding carboxylic acids is 1. The first-order chi connectivity index (χ1) is 12.2. The van der Waals surface area contributed by atoms with Gasteiger partial charge in [0.1, 0.15) is 17.8 Å². The Bertz CT molecular complexity index is 695. The maximum Gasteiger partial charge on any atom is 0.254 e. The number of aryl methyl sites for hydroxylation is 1. The van der Waals surface area contributed by atoms with Gasteiger partial charge in [0.05, 0.1) is 25.3 Å². The second-order valence-corrected chi connectivity index (χ2v) is 6.04. The molecule has 1 fully saturated rings. The van der Waals surface area contributed by atoms with Gasteiger partial charge in [-0.25, -0.2) is 4.98 Å². The molecule has 0 saturated carbocycles. The van der Waals surface area contributed by atoms with E-state index in [1.165, 1.54) is 6.26 Å². The summed E-state index contributed by atoms with van der Waals surface area (Å²) in [5, 5.41) is 6.09. The summed E-state index contributed by atoms with van der Waals surface area (Å²) < 4.78 is 10.8. The van der Waals surface area contributed by atoms with Crippen molar-refractivity contribution in [3.63, 3.8) is 0 Å². The molecule has 134 valence electrons. The Morgan fingerprint density at radius 1 is 1.32 bits per heavy atom. The van der Waals surface area contributed by atoms with E-state index in [4.69, 9.17) is 9.15 Å². The van der Waals surface area contributed by atoms with Crippen molar-refractivity contribution >= 4 is 11.7 Å². The SMILES string of the molecule is Cc1cccnc1NCCNC(=O)c1coc(CN2CCOCC2)c1. The minimum atomic E-state index is -0.128. The summed E-state index contributed by atoms with van der Waals surface area (Å²) in [4.78, 5) is 18.7. The van der Waals surface area contributed by atoms with Gasteiger partial charge >= 0.3 is 0 Å². The number of nitrogens with one attached hydrogen (secondary N) is 2. The number of hydrogen-bond donors (Lipinski definition) is 2. The Kier molecular flexibility index (Phi) is 6.03. The van der Waals surface area contributed by atoms with Crippen LogP contribution in [0.1, 0.15) is 21.7 Å². The van der Waals surface area contributed by atoms with E-state index in [-0.39, 0.29) is 5.91 Å². The number of hydrogen-bond acceptors (Lipinski definition) is 6. The molecule has 2 aromatic heterocycles. The highest BCUT2D eigenvalue weighted by atomic mass is 16.5. The number of aromatic nitrogens is 1. The van der Waals surface area contributed by atoms with Gasteiger partial charge in [-0.1, -0.05) is 6.07 Å². The van der Waals surface area contributed by atoms with Gasteiger partial charge in [-0.2, -0.15) is 0 Å². The highest BCUT2D eigenvalue weighted by Crippen LogP contribution is 2.12. The van der Waals surface area contributed by atoms with Gasteiger partial charge in [0.25, 0.3) is 5.91 Å². The molecule has 2 N–H and O–H groups in total. The Morgan fingerprint density at radius 3 is 2.96 bits per heavy atom. The fourth-order valence-corrected chi connectivity index (χ4v) is 2.69. The van der Waals surface area contributed by atoms with Crippen LogP contribution in [0.15, 0.2) is 35.1 Å². The van der Waals surface area contributed by atoms with Crippen molar-refractivity contribution in [2.75, 3.05) is 44.7 Å². The fraction of sp³-hybridized carbons (Fsp3) is 0.444. The number of amides is 1. The maximum absolute atomic E-state index is 12.2. The molecule has 1 aliphatic rings. The molecule has 0 atom stereocenters. The number of anilines is 1. The molecule has 25 heavy (non-hydrogen) atoms. The minimum Gasteiger partial charge on any atom is -0.467 e. The number of rotatable bonds is 7. The molecule has 7 nitrogen and oxygen atoms in total. The molecule has 1 amide bonds. The smallest absolute Gasteiger partial charge is 0.254 e. The molecule has 1 saturated heterocycles. The van der Waals surface area contributed by atoms with Crippen LogP contribution in [-0.2, 0) is 11.3 Å². The highest BCUT2D eigenvalue weighted by molar-refractivity contribution is 5.93. The molecule has 0 aliphatic carbocycles. The van der Waals surface area contributed by atoms with Crippen molar-refractivity contribution in [3.8, 4) is 0 Å². The normalized spacial score (nSPS) is 15.1. The van der Waals surface area contributed by atoms with E-state index >= 15 is 0 Å². The Labute approximate surface area is 147 Å². The van der Waals surface area contributed by atoms with Gasteiger partial charge in [0.2, 0.25) is 0 Å². The van der Waals surface area contributed by atoms with E-state index in [9.17, 15) is 4.79 Å². The van der Waals surface area contributed by atoms with Crippen molar-refractivity contribution in [2.24, 2.45) is 0 Å². The lowest BCUT2D eigenvalue weighted by atomic mass is 10.2. The summed E-state index contributed by atoms with van der Waals surface area (Å²) in [5.74, 6) is 1.51. The molecule has 0 aromatic carbocycles. The summed E-state index contributed by atoms with van der Waals surface area (Å²) >= 11 is 0. The molecule has 0 spiro atoms. The Hall–Kier alpha value is -2.38. The van der Waals surface area contributed by atoms with Gasteiger partial charge in [0.15, 0.2) is 0 Å². The van der Waals surface area contributed by atoms with Crippen molar-refractivity contribution in [1.82, 2.24) is 15.2 Å². The summed E-state index contributed by atoms with van der Waals surface area (Å²) in [6.07, 6.45) is 3.26. The van der Waals surface area contributed by atoms with Gasteiger partial charge < -0.3 is 19.8 Å². The van der Waals surface area contributed by atoms with E-state index in [0.717, 1.165) is 43.4 Å². The lowest BCUT2D eigenvalue weighted by Crippen LogP contribution is -2.35. The lowest BCUT2D eigenvalue weighted by molar-refractivity contribution is 0.0313. The zero-order valence-electron chi connectivity index (χ0n) is 14.5. The van der Waals surface area contributed by atoms with Crippen LogP contribution in [0.2, 0.25) is 0 Å². The van der Waals surface area contributed by atoms with Crippen molar-refractivity contribution in [2.45, 2.75) is 13.5 Å². The predicted molar refractivity (Wildman–Crippen MR) is 94.6 cm³/mol. The molecule has 3 heterocycles. The average Bonchev–Trinajstić information content (AvgIpc) is 3.09. The van der Waals surface area contributed by atoms with E-state index in [1.807, 2.05) is 19.1 Å². The van der Waals surface area contributed by atoms with Gasteiger partial charge in [0, 0.05) is 32.4 Å². The summed E-state index contributed by atoms with van der Waals surface area (Å²) in [7, 11) is 0. The Balaban J connectivity index is 1.41. The topological polar surface area (TPSA) is 79.6 Å². The fourth-order valence-electron chi connectivity index (χ4n) is 2.69. The first-order valence-corrected chi connectivity index (χ1v) is 8.53. The zero-order valence-corrected chi connectivity index (χ0v) is 14.5. The number of furan rings is 1. The largest absolute Gasteiger partial charge is 0.467 e. The van der Waals surface area contributed by atoms with Crippen molar-refractivity contribution < 1.29 is 13.9 Å². The number of carbonyl (C=O) groups is 1. The standard InChI is InChI=1S/C18H24N4O3/c1-14-3-2-4-19-17(14)20-5-6-21-18(23)15-11-16(25-13-15)12-22-7-9-24-10-8-22/h2-4,11,13H,5-10,12H2,1H3,(H,19,20)(H,21,23).